The Morgan fingerprint density at radius 2 is 1.25 bits per heavy atom. The van der Waals surface area contributed by atoms with E-state index in [2.05, 4.69) is 0 Å². The molecule has 0 heterocycles. The molecule has 0 bridgehead atoms. The van der Waals surface area contributed by atoms with E-state index in [-0.39, 0.29) is 26.6 Å². The molecular formula is H2O2PoS. The first-order valence-electron chi connectivity index (χ1n) is 0.333. The maximum absolute atomic E-state index is 8.29. The summed E-state index contributed by atoms with van der Waals surface area (Å²) in [6, 6.07) is 0. The normalized spacial score (nSPS) is 3.00. The number of hydrogen-bond donors (Lipinski definition) is 0. The Labute approximate surface area is 46.7 Å². The molecular weight excluding hydrogens is 273 g/mol. The Balaban J connectivity index is 0. The van der Waals surface area contributed by atoms with Gasteiger partial charge in [-0.25, -0.2) is 0 Å². The second-order valence-electron chi connectivity index (χ2n) is 0.0680. The second kappa shape index (κ2) is 9.31. The molecule has 0 amide bonds. The SMILES string of the molecule is O=S=O.[PoH2]. The average Bonchev–Trinajstić information content (AvgIpc) is 0.918. The summed E-state index contributed by atoms with van der Waals surface area (Å²) in [4.78, 5) is 0. The van der Waals surface area contributed by atoms with Gasteiger partial charge in [-0.2, -0.15) is 8.42 Å². The van der Waals surface area contributed by atoms with Crippen molar-refractivity contribution in [3.05, 3.63) is 0 Å². The van der Waals surface area contributed by atoms with Crippen LogP contribution in [0.1, 0.15) is 0 Å². The Bertz CT molecular complexity index is 27.0. The predicted octanol–water partition coefficient (Wildman–Crippen LogP) is -1.59. The van der Waals surface area contributed by atoms with Gasteiger partial charge in [-0.3, -0.25) is 0 Å². The van der Waals surface area contributed by atoms with Crippen LogP contribution in [0, 0.1) is 0 Å². The third-order valence-corrected chi connectivity index (χ3v) is 0. The molecule has 0 aliphatic heterocycles. The molecule has 0 fully saturated rings. The molecule has 0 rings (SSSR count). The van der Waals surface area contributed by atoms with Crippen LogP contribution >= 0.6 is 0 Å². The maximum atomic E-state index is 8.29. The van der Waals surface area contributed by atoms with Crippen LogP contribution in [0.2, 0.25) is 0 Å². The molecule has 0 saturated heterocycles. The average molecular weight is 275 g/mol. The van der Waals surface area contributed by atoms with Crippen LogP contribution in [-0.2, 0) is 11.6 Å². The van der Waals surface area contributed by atoms with Crippen molar-refractivity contribution < 1.29 is 8.42 Å². The van der Waals surface area contributed by atoms with Gasteiger partial charge in [-0.15, -0.1) is 0 Å². The van der Waals surface area contributed by atoms with Crippen molar-refractivity contribution in [1.82, 2.24) is 0 Å². The zero-order chi connectivity index (χ0) is 2.71. The van der Waals surface area contributed by atoms with E-state index < -0.39 is 11.6 Å². The fraction of sp³-hybridized carbons (Fsp3) is 0. The van der Waals surface area contributed by atoms with Gasteiger partial charge in [0.15, 0.2) is 0 Å². The van der Waals surface area contributed by atoms with E-state index in [9.17, 15) is 0 Å². The molecule has 0 radical (unpaired) electrons. The summed E-state index contributed by atoms with van der Waals surface area (Å²) in [6.07, 6.45) is 0. The van der Waals surface area contributed by atoms with E-state index in [1.165, 1.54) is 0 Å². The first kappa shape index (κ1) is 8.83. The predicted molar refractivity (Wildman–Crippen MR) is 17.5 cm³/mol. The topological polar surface area (TPSA) is 34.1 Å². The van der Waals surface area contributed by atoms with Gasteiger partial charge in [0.1, 0.15) is 0 Å². The Hall–Kier alpha value is 0.716. The van der Waals surface area contributed by atoms with Crippen LogP contribution < -0.4 is 0 Å². The van der Waals surface area contributed by atoms with E-state index in [1.54, 1.807) is 0 Å². The molecule has 0 unspecified atom stereocenters. The Morgan fingerprint density at radius 3 is 1.25 bits per heavy atom. The third kappa shape index (κ3) is 15.6. The fourth-order valence-electron chi connectivity index (χ4n) is 0. The first-order chi connectivity index (χ1) is 1.41. The molecule has 0 atom stereocenters. The summed E-state index contributed by atoms with van der Waals surface area (Å²) in [5.41, 5.74) is 0. The van der Waals surface area contributed by atoms with Crippen molar-refractivity contribution in [3.63, 3.8) is 0 Å². The standard InChI is InChI=1S/O2S.Po.2H/c1-3-2;;;. The zero-order valence-corrected chi connectivity index (χ0v) is 6.43. The summed E-state index contributed by atoms with van der Waals surface area (Å²) in [7, 11) is 0. The summed E-state index contributed by atoms with van der Waals surface area (Å²) < 4.78 is 16.6. The van der Waals surface area contributed by atoms with Gasteiger partial charge in [0.25, 0.3) is 0 Å². The minimum absolute atomic E-state index is 0. The third-order valence-electron chi connectivity index (χ3n) is 0. The fourth-order valence-corrected chi connectivity index (χ4v) is 0. The number of hydrogen-bond acceptors (Lipinski definition) is 2. The molecule has 0 N–H and O–H groups in total. The van der Waals surface area contributed by atoms with Crippen LogP contribution in [0.4, 0.5) is 0 Å². The molecule has 0 aromatic carbocycles. The van der Waals surface area contributed by atoms with Crippen molar-refractivity contribution in [3.8, 4) is 0 Å². The monoisotopic (exact) mass is 275 g/mol. The van der Waals surface area contributed by atoms with Crippen LogP contribution in [0.25, 0.3) is 0 Å². The number of rotatable bonds is 0. The molecule has 26 valence electrons. The summed E-state index contributed by atoms with van der Waals surface area (Å²) in [5, 5.41) is 0. The Morgan fingerprint density at radius 1 is 1.25 bits per heavy atom. The van der Waals surface area contributed by atoms with Crippen LogP contribution in [-0.4, -0.2) is 35.0 Å². The zero-order valence-electron chi connectivity index (χ0n) is 1.72. The van der Waals surface area contributed by atoms with E-state index in [4.69, 9.17) is 8.42 Å². The molecule has 4 heavy (non-hydrogen) atoms. The summed E-state index contributed by atoms with van der Waals surface area (Å²) >= 11 is -0.750. The van der Waals surface area contributed by atoms with Crippen molar-refractivity contribution in [2.24, 2.45) is 0 Å². The molecule has 0 aliphatic carbocycles. The molecule has 0 aromatic heterocycles. The molecule has 4 heteroatoms. The molecule has 0 aromatic rings. The van der Waals surface area contributed by atoms with Crippen molar-refractivity contribution in [2.75, 3.05) is 0 Å². The second-order valence-corrected chi connectivity index (χ2v) is 0.204. The first-order valence-corrected chi connectivity index (χ1v) is 1.00. The van der Waals surface area contributed by atoms with Crippen LogP contribution in [0.15, 0.2) is 0 Å². The van der Waals surface area contributed by atoms with E-state index in [0.717, 1.165) is 0 Å². The quantitative estimate of drug-likeness (QED) is 0.534. The summed E-state index contributed by atoms with van der Waals surface area (Å²) in [6.45, 7) is 0. The van der Waals surface area contributed by atoms with Crippen molar-refractivity contribution in [1.29, 1.82) is 0 Å². The molecule has 0 saturated carbocycles. The molecule has 0 spiro atoms. The van der Waals surface area contributed by atoms with Crippen LogP contribution in [0.3, 0.4) is 0 Å². The van der Waals surface area contributed by atoms with Gasteiger partial charge in [0.05, 0.1) is 0 Å². The molecule has 0 aliphatic rings. The van der Waals surface area contributed by atoms with Crippen molar-refractivity contribution >= 4 is 38.1 Å². The van der Waals surface area contributed by atoms with Gasteiger partial charge in [0, 0.05) is 0 Å². The van der Waals surface area contributed by atoms with Crippen LogP contribution in [0.5, 0.6) is 0 Å². The molecule has 2 nitrogen and oxygen atoms in total. The van der Waals surface area contributed by atoms with E-state index in [0.29, 0.717) is 0 Å². The van der Waals surface area contributed by atoms with E-state index >= 15 is 0 Å². The van der Waals surface area contributed by atoms with Gasteiger partial charge < -0.3 is 0 Å². The van der Waals surface area contributed by atoms with E-state index in [1.807, 2.05) is 0 Å². The Kier molecular flexibility index (Phi) is 20.5. The van der Waals surface area contributed by atoms with Crippen molar-refractivity contribution in [2.45, 2.75) is 0 Å². The van der Waals surface area contributed by atoms with Gasteiger partial charge in [0.2, 0.25) is 0 Å². The van der Waals surface area contributed by atoms with Gasteiger partial charge in [-0.1, -0.05) is 0 Å². The van der Waals surface area contributed by atoms with Gasteiger partial charge >= 0.3 is 38.1 Å². The minimum atomic E-state index is -0.750. The van der Waals surface area contributed by atoms with Gasteiger partial charge in [-0.05, 0) is 0 Å². The summed E-state index contributed by atoms with van der Waals surface area (Å²) in [5.74, 6) is 0.